The predicted molar refractivity (Wildman–Crippen MR) is 165 cm³/mol. The van der Waals surface area contributed by atoms with Gasteiger partial charge in [0.15, 0.2) is 11.5 Å². The summed E-state index contributed by atoms with van der Waals surface area (Å²) in [6, 6.07) is 23.3. The lowest BCUT2D eigenvalue weighted by Gasteiger charge is -2.26. The van der Waals surface area contributed by atoms with Crippen molar-refractivity contribution in [1.29, 1.82) is 0 Å². The second kappa shape index (κ2) is 12.9. The van der Waals surface area contributed by atoms with Gasteiger partial charge >= 0.3 is 6.03 Å². The van der Waals surface area contributed by atoms with E-state index in [-0.39, 0.29) is 5.57 Å². The summed E-state index contributed by atoms with van der Waals surface area (Å²) in [5.74, 6) is -0.0118. The fourth-order valence-corrected chi connectivity index (χ4v) is 5.19. The summed E-state index contributed by atoms with van der Waals surface area (Å²) < 4.78 is 18.0. The predicted octanol–water partition coefficient (Wildman–Crippen LogP) is 7.04. The van der Waals surface area contributed by atoms with Gasteiger partial charge in [-0.05, 0) is 86.7 Å². The molecule has 214 valence electrons. The van der Waals surface area contributed by atoms with E-state index in [9.17, 15) is 14.4 Å². The first-order valence-electron chi connectivity index (χ1n) is 13.5. The number of unbranched alkanes of at least 4 members (excludes halogenated alkanes) is 1. The molecule has 0 atom stereocenters. The number of benzene rings is 4. The lowest BCUT2D eigenvalue weighted by atomic mass is 10.1. The molecular formula is C33H29BrN2O6. The van der Waals surface area contributed by atoms with Gasteiger partial charge in [0, 0.05) is 0 Å². The van der Waals surface area contributed by atoms with Crippen molar-refractivity contribution < 1.29 is 28.6 Å². The first-order valence-corrected chi connectivity index (χ1v) is 14.3. The number of fused-ring (bicyclic) bond motifs is 1. The zero-order valence-corrected chi connectivity index (χ0v) is 24.8. The topological polar surface area (TPSA) is 94.2 Å². The molecule has 1 aliphatic heterocycles. The van der Waals surface area contributed by atoms with Crippen LogP contribution in [-0.2, 0) is 16.2 Å². The van der Waals surface area contributed by atoms with Crippen LogP contribution >= 0.6 is 15.9 Å². The monoisotopic (exact) mass is 628 g/mol. The molecule has 0 aliphatic carbocycles. The molecule has 9 heteroatoms. The molecule has 1 saturated heterocycles. The number of rotatable bonds is 10. The van der Waals surface area contributed by atoms with Gasteiger partial charge in [-0.25, -0.2) is 9.69 Å². The van der Waals surface area contributed by atoms with E-state index >= 15 is 0 Å². The summed E-state index contributed by atoms with van der Waals surface area (Å²) in [5.41, 5.74) is 1.64. The highest BCUT2D eigenvalue weighted by atomic mass is 79.9. The van der Waals surface area contributed by atoms with Crippen molar-refractivity contribution >= 4 is 56.3 Å². The summed E-state index contributed by atoms with van der Waals surface area (Å²) in [5, 5.41) is 4.46. The average molecular weight is 630 g/mol. The molecule has 4 aromatic rings. The Kier molecular flexibility index (Phi) is 8.88. The van der Waals surface area contributed by atoms with Gasteiger partial charge in [-0.2, -0.15) is 0 Å². The largest absolute Gasteiger partial charge is 0.494 e. The van der Waals surface area contributed by atoms with E-state index in [4.69, 9.17) is 14.2 Å². The van der Waals surface area contributed by atoms with Crippen molar-refractivity contribution in [2.24, 2.45) is 0 Å². The van der Waals surface area contributed by atoms with Crippen LogP contribution in [0.2, 0.25) is 0 Å². The SMILES string of the molecule is CCCCOc1ccc(N2C(=O)NC(=O)/C(=C/c3cc(Br)c(OCc4cccc5ccccc45)c(OC)c3)C2=O)cc1. The van der Waals surface area contributed by atoms with Crippen LogP contribution in [-0.4, -0.2) is 31.6 Å². The Bertz CT molecular complexity index is 1680. The lowest BCUT2D eigenvalue weighted by Crippen LogP contribution is -2.54. The Labute approximate surface area is 252 Å². The van der Waals surface area contributed by atoms with Crippen molar-refractivity contribution in [3.05, 3.63) is 100 Å². The minimum atomic E-state index is -0.822. The minimum absolute atomic E-state index is 0.198. The van der Waals surface area contributed by atoms with E-state index in [0.29, 0.717) is 46.2 Å². The fourth-order valence-electron chi connectivity index (χ4n) is 4.62. The van der Waals surface area contributed by atoms with Gasteiger partial charge < -0.3 is 14.2 Å². The van der Waals surface area contributed by atoms with Gasteiger partial charge in [0.05, 0.1) is 23.9 Å². The van der Waals surface area contributed by atoms with E-state index in [1.807, 2.05) is 42.5 Å². The molecule has 1 heterocycles. The molecule has 0 aromatic heterocycles. The van der Waals surface area contributed by atoms with Crippen LogP contribution in [0.3, 0.4) is 0 Å². The Morgan fingerprint density at radius 3 is 2.45 bits per heavy atom. The van der Waals surface area contributed by atoms with Crippen LogP contribution in [0.1, 0.15) is 30.9 Å². The Morgan fingerprint density at radius 1 is 0.929 bits per heavy atom. The summed E-state index contributed by atoms with van der Waals surface area (Å²) in [6.07, 6.45) is 3.34. The smallest absolute Gasteiger partial charge is 0.335 e. The molecule has 4 amide bonds. The number of barbiturate groups is 1. The fraction of sp³-hybridized carbons (Fsp3) is 0.182. The molecule has 42 heavy (non-hydrogen) atoms. The van der Waals surface area contributed by atoms with Gasteiger partial charge in [-0.3, -0.25) is 14.9 Å². The number of ether oxygens (including phenoxy) is 3. The molecule has 0 saturated carbocycles. The molecule has 0 spiro atoms. The average Bonchev–Trinajstić information content (AvgIpc) is 2.99. The van der Waals surface area contributed by atoms with Gasteiger partial charge in [0.1, 0.15) is 17.9 Å². The first kappa shape index (κ1) is 28.9. The van der Waals surface area contributed by atoms with E-state index in [2.05, 4.69) is 28.2 Å². The Morgan fingerprint density at radius 2 is 1.69 bits per heavy atom. The maximum atomic E-state index is 13.4. The number of hydrogen-bond acceptors (Lipinski definition) is 6. The number of carbonyl (C=O) groups is 3. The maximum Gasteiger partial charge on any atom is 0.335 e. The van der Waals surface area contributed by atoms with Crippen molar-refractivity contribution in [2.75, 3.05) is 18.6 Å². The van der Waals surface area contributed by atoms with E-state index in [0.717, 1.165) is 34.1 Å². The van der Waals surface area contributed by atoms with Crippen molar-refractivity contribution in [3.8, 4) is 17.2 Å². The second-order valence-electron chi connectivity index (χ2n) is 9.61. The molecule has 0 bridgehead atoms. The highest BCUT2D eigenvalue weighted by Gasteiger charge is 2.37. The summed E-state index contributed by atoms with van der Waals surface area (Å²) in [6.45, 7) is 2.95. The molecular weight excluding hydrogens is 600 g/mol. The number of nitrogens with one attached hydrogen (secondary N) is 1. The summed E-state index contributed by atoms with van der Waals surface area (Å²) >= 11 is 3.55. The molecule has 8 nitrogen and oxygen atoms in total. The highest BCUT2D eigenvalue weighted by Crippen LogP contribution is 2.38. The second-order valence-corrected chi connectivity index (χ2v) is 10.5. The maximum absolute atomic E-state index is 13.4. The minimum Gasteiger partial charge on any atom is -0.494 e. The number of urea groups is 1. The highest BCUT2D eigenvalue weighted by molar-refractivity contribution is 9.10. The molecule has 4 aromatic carbocycles. The van der Waals surface area contributed by atoms with Gasteiger partial charge in [0.25, 0.3) is 11.8 Å². The van der Waals surface area contributed by atoms with Crippen molar-refractivity contribution in [3.63, 3.8) is 0 Å². The number of amides is 4. The number of halogens is 1. The number of imide groups is 2. The van der Waals surface area contributed by atoms with Gasteiger partial charge in [-0.1, -0.05) is 55.8 Å². The number of hydrogen-bond donors (Lipinski definition) is 1. The number of carbonyl (C=O) groups excluding carboxylic acids is 3. The third-order valence-electron chi connectivity index (χ3n) is 6.78. The van der Waals surface area contributed by atoms with Crippen LogP contribution in [0, 0.1) is 0 Å². The molecule has 1 N–H and O–H groups in total. The van der Waals surface area contributed by atoms with Crippen LogP contribution in [0.4, 0.5) is 10.5 Å². The summed E-state index contributed by atoms with van der Waals surface area (Å²) in [4.78, 5) is 39.7. The van der Waals surface area contributed by atoms with E-state index in [1.165, 1.54) is 13.2 Å². The van der Waals surface area contributed by atoms with Crippen LogP contribution in [0.25, 0.3) is 16.8 Å². The third-order valence-corrected chi connectivity index (χ3v) is 7.37. The van der Waals surface area contributed by atoms with Gasteiger partial charge in [0.2, 0.25) is 0 Å². The molecule has 1 fully saturated rings. The van der Waals surface area contributed by atoms with Crippen LogP contribution in [0.5, 0.6) is 17.2 Å². The van der Waals surface area contributed by atoms with Crippen molar-refractivity contribution in [2.45, 2.75) is 26.4 Å². The number of anilines is 1. The standard InChI is InChI=1S/C33H29BrN2O6/c1-3-4-16-41-25-14-12-24(13-15-25)36-32(38)27(31(37)35-33(36)39)17-21-18-28(34)30(29(19-21)40-2)42-20-23-10-7-9-22-8-5-6-11-26(22)23/h5-15,17-19H,3-4,16,20H2,1-2H3,(H,35,37,39)/b27-17-. The number of methoxy groups -OCH3 is 1. The van der Waals surface area contributed by atoms with Crippen molar-refractivity contribution in [1.82, 2.24) is 5.32 Å². The Hall–Kier alpha value is -4.63. The quantitative estimate of drug-likeness (QED) is 0.115. The van der Waals surface area contributed by atoms with E-state index in [1.54, 1.807) is 36.4 Å². The number of nitrogens with zero attached hydrogens (tertiary/aromatic N) is 1. The van der Waals surface area contributed by atoms with Crippen LogP contribution < -0.4 is 24.4 Å². The zero-order valence-electron chi connectivity index (χ0n) is 23.2. The third kappa shape index (κ3) is 6.16. The normalized spacial score (nSPS) is 14.3. The molecule has 0 unspecified atom stereocenters. The lowest BCUT2D eigenvalue weighted by molar-refractivity contribution is -0.122. The van der Waals surface area contributed by atoms with E-state index < -0.39 is 17.8 Å². The molecule has 0 radical (unpaired) electrons. The first-order chi connectivity index (χ1) is 20.4. The summed E-state index contributed by atoms with van der Waals surface area (Å²) in [7, 11) is 1.51. The molecule has 1 aliphatic rings. The zero-order chi connectivity index (χ0) is 29.6. The Balaban J connectivity index is 1.38. The van der Waals surface area contributed by atoms with Gasteiger partial charge in [-0.15, -0.1) is 0 Å². The van der Waals surface area contributed by atoms with Crippen LogP contribution in [0.15, 0.2) is 88.9 Å². The molecule has 5 rings (SSSR count).